The summed E-state index contributed by atoms with van der Waals surface area (Å²) >= 11 is 0. The Hall–Kier alpha value is -3.92. The van der Waals surface area contributed by atoms with Crippen molar-refractivity contribution in [1.82, 2.24) is 9.97 Å². The molecule has 1 aromatic carbocycles. The number of para-hydroxylation sites is 1. The quantitative estimate of drug-likeness (QED) is 0.676. The Labute approximate surface area is 144 Å². The van der Waals surface area contributed by atoms with Gasteiger partial charge in [-0.25, -0.2) is 9.78 Å². The molecule has 0 spiro atoms. The second kappa shape index (κ2) is 7.57. The van der Waals surface area contributed by atoms with E-state index in [4.69, 9.17) is 5.26 Å². The number of benzene rings is 1. The molecule has 2 aromatic heterocycles. The normalized spacial score (nSPS) is 9.72. The summed E-state index contributed by atoms with van der Waals surface area (Å²) in [6, 6.07) is 15.9. The highest BCUT2D eigenvalue weighted by atomic mass is 16.2. The first-order valence-corrected chi connectivity index (χ1v) is 7.44. The van der Waals surface area contributed by atoms with Gasteiger partial charge in [-0.05, 0) is 30.3 Å². The van der Waals surface area contributed by atoms with Crippen LogP contribution < -0.4 is 16.0 Å². The molecular weight excluding hydrogens is 316 g/mol. The molecule has 0 atom stereocenters. The summed E-state index contributed by atoms with van der Waals surface area (Å²) in [4.78, 5) is 20.2. The fourth-order valence-corrected chi connectivity index (χ4v) is 2.07. The number of urea groups is 1. The molecule has 0 aliphatic heterocycles. The van der Waals surface area contributed by atoms with Gasteiger partial charge in [-0.15, -0.1) is 0 Å². The minimum Gasteiger partial charge on any atom is -0.339 e. The molecule has 0 saturated heterocycles. The van der Waals surface area contributed by atoms with Gasteiger partial charge in [0.25, 0.3) is 0 Å². The maximum absolute atomic E-state index is 12.0. The average molecular weight is 330 g/mol. The topological polar surface area (TPSA) is 103 Å². The first-order valence-electron chi connectivity index (χ1n) is 7.44. The van der Waals surface area contributed by atoms with Crippen LogP contribution >= 0.6 is 0 Å². The van der Waals surface area contributed by atoms with Crippen molar-refractivity contribution in [2.45, 2.75) is 0 Å². The number of hydrogen-bond donors (Lipinski definition) is 3. The monoisotopic (exact) mass is 330 g/mol. The van der Waals surface area contributed by atoms with Crippen LogP contribution in [0.4, 0.5) is 27.7 Å². The van der Waals surface area contributed by atoms with Crippen LogP contribution in [-0.2, 0) is 0 Å². The van der Waals surface area contributed by atoms with Crippen LogP contribution in [0.15, 0.2) is 67.1 Å². The molecule has 0 aliphatic carbocycles. The second-order valence-corrected chi connectivity index (χ2v) is 5.08. The lowest BCUT2D eigenvalue weighted by Crippen LogP contribution is -2.19. The van der Waals surface area contributed by atoms with E-state index in [0.717, 1.165) is 0 Å². The summed E-state index contributed by atoms with van der Waals surface area (Å²) in [6.45, 7) is 0. The van der Waals surface area contributed by atoms with Crippen LogP contribution in [0, 0.1) is 11.3 Å². The Kier molecular flexibility index (Phi) is 4.83. The van der Waals surface area contributed by atoms with Crippen LogP contribution in [0.3, 0.4) is 0 Å². The van der Waals surface area contributed by atoms with Crippen molar-refractivity contribution in [1.29, 1.82) is 5.26 Å². The number of nitrogens with zero attached hydrogens (tertiary/aromatic N) is 3. The molecule has 3 N–H and O–H groups in total. The van der Waals surface area contributed by atoms with Crippen molar-refractivity contribution in [3.63, 3.8) is 0 Å². The Morgan fingerprint density at radius 1 is 0.920 bits per heavy atom. The summed E-state index contributed by atoms with van der Waals surface area (Å²) in [5, 5.41) is 17.3. The number of rotatable bonds is 4. The number of pyridine rings is 2. The van der Waals surface area contributed by atoms with Crippen molar-refractivity contribution < 1.29 is 4.79 Å². The number of nitrogens with one attached hydrogen (secondary N) is 3. The number of nitriles is 1. The van der Waals surface area contributed by atoms with E-state index < -0.39 is 0 Å². The van der Waals surface area contributed by atoms with E-state index in [1.54, 1.807) is 42.7 Å². The molecule has 7 nitrogen and oxygen atoms in total. The third-order valence-electron chi connectivity index (χ3n) is 3.19. The predicted octanol–water partition coefficient (Wildman–Crippen LogP) is 3.74. The molecule has 25 heavy (non-hydrogen) atoms. The molecule has 2 amide bonds. The first kappa shape index (κ1) is 16.0. The number of anilines is 4. The van der Waals surface area contributed by atoms with Crippen LogP contribution in [0.2, 0.25) is 0 Å². The fraction of sp³-hybridized carbons (Fsp3) is 0. The van der Waals surface area contributed by atoms with Gasteiger partial charge in [0.05, 0.1) is 29.3 Å². The maximum Gasteiger partial charge on any atom is 0.323 e. The number of hydrogen-bond acceptors (Lipinski definition) is 5. The van der Waals surface area contributed by atoms with Crippen LogP contribution in [0.25, 0.3) is 0 Å². The Morgan fingerprint density at radius 3 is 2.40 bits per heavy atom. The molecule has 2 heterocycles. The van der Waals surface area contributed by atoms with Gasteiger partial charge >= 0.3 is 6.03 Å². The molecule has 122 valence electrons. The van der Waals surface area contributed by atoms with Crippen molar-refractivity contribution >= 4 is 28.9 Å². The van der Waals surface area contributed by atoms with E-state index in [1.807, 2.05) is 24.3 Å². The zero-order chi connectivity index (χ0) is 17.5. The number of carbonyl (C=O) groups excluding carboxylic acids is 1. The number of carbonyl (C=O) groups is 1. The molecule has 3 aromatic rings. The zero-order valence-corrected chi connectivity index (χ0v) is 13.1. The van der Waals surface area contributed by atoms with Crippen molar-refractivity contribution in [3.05, 3.63) is 72.7 Å². The van der Waals surface area contributed by atoms with Gasteiger partial charge in [0, 0.05) is 11.9 Å². The fourth-order valence-electron chi connectivity index (χ4n) is 2.07. The molecule has 0 bridgehead atoms. The Balaban J connectivity index is 1.64. The van der Waals surface area contributed by atoms with Crippen molar-refractivity contribution in [2.24, 2.45) is 0 Å². The number of aromatic nitrogens is 2. The lowest BCUT2D eigenvalue weighted by atomic mass is 10.3. The molecule has 0 unspecified atom stereocenters. The molecule has 0 saturated carbocycles. The van der Waals surface area contributed by atoms with Crippen molar-refractivity contribution in [2.75, 3.05) is 16.0 Å². The van der Waals surface area contributed by atoms with E-state index in [-0.39, 0.29) is 6.03 Å². The maximum atomic E-state index is 12.0. The standard InChI is InChI=1S/C18H14N6O/c19-9-13-6-7-17(21-10-13)22-15-8-16(12-20-11-15)24-18(25)23-14-4-2-1-3-5-14/h1-8,10-12H,(H,21,22)(H2,23,24,25). The minimum atomic E-state index is -0.360. The molecule has 0 radical (unpaired) electrons. The SMILES string of the molecule is N#Cc1ccc(Nc2cncc(NC(=O)Nc3ccccc3)c2)nc1. The largest absolute Gasteiger partial charge is 0.339 e. The highest BCUT2D eigenvalue weighted by Crippen LogP contribution is 2.18. The van der Waals surface area contributed by atoms with Gasteiger partial charge in [0.2, 0.25) is 0 Å². The van der Waals surface area contributed by atoms with Crippen LogP contribution in [0.1, 0.15) is 5.56 Å². The molecular formula is C18H14N6O. The van der Waals surface area contributed by atoms with Gasteiger partial charge in [0.1, 0.15) is 11.9 Å². The van der Waals surface area contributed by atoms with E-state index in [1.165, 1.54) is 6.20 Å². The summed E-state index contributed by atoms with van der Waals surface area (Å²) in [5.74, 6) is 0.576. The van der Waals surface area contributed by atoms with Gasteiger partial charge in [-0.1, -0.05) is 18.2 Å². The van der Waals surface area contributed by atoms with E-state index in [2.05, 4.69) is 25.9 Å². The molecule has 0 aliphatic rings. The van der Waals surface area contributed by atoms with Gasteiger partial charge in [-0.3, -0.25) is 4.98 Å². The van der Waals surface area contributed by atoms with Gasteiger partial charge in [-0.2, -0.15) is 5.26 Å². The van der Waals surface area contributed by atoms with E-state index in [0.29, 0.717) is 28.4 Å². The van der Waals surface area contributed by atoms with Gasteiger partial charge in [0.15, 0.2) is 0 Å². The minimum absolute atomic E-state index is 0.360. The van der Waals surface area contributed by atoms with Crippen molar-refractivity contribution in [3.8, 4) is 6.07 Å². The predicted molar refractivity (Wildman–Crippen MR) is 95.6 cm³/mol. The Bertz CT molecular complexity index is 903. The van der Waals surface area contributed by atoms with E-state index in [9.17, 15) is 4.79 Å². The summed E-state index contributed by atoms with van der Waals surface area (Å²) in [7, 11) is 0. The number of amides is 2. The lowest BCUT2D eigenvalue weighted by molar-refractivity contribution is 0.262. The average Bonchev–Trinajstić information content (AvgIpc) is 2.63. The second-order valence-electron chi connectivity index (χ2n) is 5.08. The van der Waals surface area contributed by atoms with Crippen LogP contribution in [-0.4, -0.2) is 16.0 Å². The van der Waals surface area contributed by atoms with Gasteiger partial charge < -0.3 is 16.0 Å². The summed E-state index contributed by atoms with van der Waals surface area (Å²) in [5.41, 5.74) is 2.38. The highest BCUT2D eigenvalue weighted by Gasteiger charge is 2.04. The third kappa shape index (κ3) is 4.53. The Morgan fingerprint density at radius 2 is 1.68 bits per heavy atom. The lowest BCUT2D eigenvalue weighted by Gasteiger charge is -2.09. The highest BCUT2D eigenvalue weighted by molar-refractivity contribution is 5.99. The summed E-state index contributed by atoms with van der Waals surface area (Å²) in [6.07, 6.45) is 4.63. The summed E-state index contributed by atoms with van der Waals surface area (Å²) < 4.78 is 0. The third-order valence-corrected chi connectivity index (χ3v) is 3.19. The zero-order valence-electron chi connectivity index (χ0n) is 13.1. The van der Waals surface area contributed by atoms with E-state index >= 15 is 0 Å². The molecule has 0 fully saturated rings. The smallest absolute Gasteiger partial charge is 0.323 e. The molecule has 3 rings (SSSR count). The first-order chi connectivity index (χ1) is 12.2. The van der Waals surface area contributed by atoms with Crippen LogP contribution in [0.5, 0.6) is 0 Å². The molecule has 7 heteroatoms.